The Morgan fingerprint density at radius 2 is 2.16 bits per heavy atom. The van der Waals surface area contributed by atoms with Crippen molar-refractivity contribution in [1.29, 1.82) is 0 Å². The molecule has 0 aromatic carbocycles. The second-order valence-electron chi connectivity index (χ2n) is 4.70. The van der Waals surface area contributed by atoms with Crippen LogP contribution < -0.4 is 5.32 Å². The van der Waals surface area contributed by atoms with E-state index in [4.69, 9.17) is 16.3 Å². The van der Waals surface area contributed by atoms with Crippen LogP contribution in [0.15, 0.2) is 12.3 Å². The number of nitrogens with one attached hydrogen (secondary N) is 1. The summed E-state index contributed by atoms with van der Waals surface area (Å²) in [6, 6.07) is 1.36. The Morgan fingerprint density at radius 3 is 2.74 bits per heavy atom. The second kappa shape index (κ2) is 6.19. The maximum absolute atomic E-state index is 13.6. The summed E-state index contributed by atoms with van der Waals surface area (Å²) in [4.78, 5) is 15.3. The molecule has 1 aromatic heterocycles. The standard InChI is InChI=1S/C13H16ClFN2O2/c1-19-13(18)8-2-4-10(5-3-8)17-12-11(15)6-9(14)7-16-12/h6-8,10H,2-5H2,1H3,(H,16,17). The number of hydrogen-bond donors (Lipinski definition) is 1. The van der Waals surface area contributed by atoms with Gasteiger partial charge >= 0.3 is 5.97 Å². The molecule has 19 heavy (non-hydrogen) atoms. The molecule has 0 amide bonds. The van der Waals surface area contributed by atoms with Crippen LogP contribution >= 0.6 is 11.6 Å². The number of anilines is 1. The van der Waals surface area contributed by atoms with Crippen molar-refractivity contribution in [1.82, 2.24) is 4.98 Å². The number of methoxy groups -OCH3 is 1. The Kier molecular flexibility index (Phi) is 4.58. The van der Waals surface area contributed by atoms with Crippen LogP contribution in [0.25, 0.3) is 0 Å². The lowest BCUT2D eigenvalue weighted by Crippen LogP contribution is -2.30. The number of carbonyl (C=O) groups is 1. The minimum Gasteiger partial charge on any atom is -0.469 e. The first kappa shape index (κ1) is 14.1. The molecule has 1 N–H and O–H groups in total. The number of pyridine rings is 1. The normalized spacial score (nSPS) is 22.9. The molecule has 0 aliphatic heterocycles. The van der Waals surface area contributed by atoms with E-state index in [1.54, 1.807) is 0 Å². The number of esters is 1. The number of ether oxygens (including phenoxy) is 1. The molecule has 1 fully saturated rings. The van der Waals surface area contributed by atoms with Crippen LogP contribution in [0.1, 0.15) is 25.7 Å². The van der Waals surface area contributed by atoms with Crippen LogP contribution in [0.2, 0.25) is 5.02 Å². The lowest BCUT2D eigenvalue weighted by Gasteiger charge is -2.28. The molecule has 6 heteroatoms. The fraction of sp³-hybridized carbons (Fsp3) is 0.538. The number of nitrogens with zero attached hydrogens (tertiary/aromatic N) is 1. The van der Waals surface area contributed by atoms with Gasteiger partial charge in [0.2, 0.25) is 0 Å². The van der Waals surface area contributed by atoms with Crippen LogP contribution in [-0.4, -0.2) is 24.1 Å². The van der Waals surface area contributed by atoms with Crippen LogP contribution in [0, 0.1) is 11.7 Å². The Morgan fingerprint density at radius 1 is 1.47 bits per heavy atom. The van der Waals surface area contributed by atoms with Gasteiger partial charge in [-0.05, 0) is 31.7 Å². The summed E-state index contributed by atoms with van der Waals surface area (Å²) in [6.45, 7) is 0. The molecule has 2 rings (SSSR count). The summed E-state index contributed by atoms with van der Waals surface area (Å²) in [5.74, 6) is -0.436. The van der Waals surface area contributed by atoms with Gasteiger partial charge in [-0.2, -0.15) is 0 Å². The predicted octanol–water partition coefficient (Wildman–Crippen LogP) is 3.02. The van der Waals surface area contributed by atoms with Crippen LogP contribution in [0.3, 0.4) is 0 Å². The number of aromatic nitrogens is 1. The van der Waals surface area contributed by atoms with E-state index in [1.807, 2.05) is 0 Å². The Labute approximate surface area is 116 Å². The molecule has 0 unspecified atom stereocenters. The molecule has 104 valence electrons. The van der Waals surface area contributed by atoms with E-state index in [0.717, 1.165) is 25.7 Å². The first-order chi connectivity index (χ1) is 9.10. The molecule has 1 aliphatic rings. The fourth-order valence-corrected chi connectivity index (χ4v) is 2.50. The fourth-order valence-electron chi connectivity index (χ4n) is 2.35. The molecule has 1 aliphatic carbocycles. The summed E-state index contributed by atoms with van der Waals surface area (Å²) in [6.07, 6.45) is 4.50. The topological polar surface area (TPSA) is 51.2 Å². The van der Waals surface area contributed by atoms with E-state index in [1.165, 1.54) is 19.4 Å². The zero-order valence-corrected chi connectivity index (χ0v) is 11.4. The third kappa shape index (κ3) is 3.56. The molecule has 4 nitrogen and oxygen atoms in total. The van der Waals surface area contributed by atoms with Gasteiger partial charge in [0.05, 0.1) is 18.1 Å². The van der Waals surface area contributed by atoms with Crippen LogP contribution in [0.5, 0.6) is 0 Å². The molecule has 1 aromatic rings. The average molecular weight is 287 g/mol. The van der Waals surface area contributed by atoms with E-state index in [-0.39, 0.29) is 28.8 Å². The highest BCUT2D eigenvalue weighted by Crippen LogP contribution is 2.27. The van der Waals surface area contributed by atoms with Crippen molar-refractivity contribution < 1.29 is 13.9 Å². The van der Waals surface area contributed by atoms with Gasteiger partial charge < -0.3 is 10.1 Å². The second-order valence-corrected chi connectivity index (χ2v) is 5.14. The van der Waals surface area contributed by atoms with E-state index in [9.17, 15) is 9.18 Å². The SMILES string of the molecule is COC(=O)C1CCC(Nc2ncc(Cl)cc2F)CC1. The minimum absolute atomic E-state index is 0.0360. The van der Waals surface area contributed by atoms with Gasteiger partial charge in [0.15, 0.2) is 11.6 Å². The zero-order valence-electron chi connectivity index (χ0n) is 10.7. The molecule has 0 radical (unpaired) electrons. The predicted molar refractivity (Wildman–Crippen MR) is 70.6 cm³/mol. The average Bonchev–Trinajstić information content (AvgIpc) is 2.42. The Bertz CT molecular complexity index is 462. The summed E-state index contributed by atoms with van der Waals surface area (Å²) in [7, 11) is 1.40. The zero-order chi connectivity index (χ0) is 13.8. The smallest absolute Gasteiger partial charge is 0.308 e. The van der Waals surface area contributed by atoms with Gasteiger partial charge in [-0.1, -0.05) is 11.6 Å². The monoisotopic (exact) mass is 286 g/mol. The van der Waals surface area contributed by atoms with Gasteiger partial charge in [-0.15, -0.1) is 0 Å². The van der Waals surface area contributed by atoms with Crippen molar-refractivity contribution >= 4 is 23.4 Å². The maximum Gasteiger partial charge on any atom is 0.308 e. The first-order valence-corrected chi connectivity index (χ1v) is 6.63. The summed E-state index contributed by atoms with van der Waals surface area (Å²) >= 11 is 5.65. The van der Waals surface area contributed by atoms with Crippen LogP contribution in [0.4, 0.5) is 10.2 Å². The van der Waals surface area contributed by atoms with Crippen molar-refractivity contribution in [3.63, 3.8) is 0 Å². The van der Waals surface area contributed by atoms with E-state index in [2.05, 4.69) is 10.3 Å². The minimum atomic E-state index is -0.456. The Hall–Kier alpha value is -1.36. The third-order valence-corrected chi connectivity index (χ3v) is 3.62. The van der Waals surface area contributed by atoms with Crippen molar-refractivity contribution in [3.05, 3.63) is 23.1 Å². The van der Waals surface area contributed by atoms with Gasteiger partial charge in [0.25, 0.3) is 0 Å². The van der Waals surface area contributed by atoms with Crippen molar-refractivity contribution in [2.24, 2.45) is 5.92 Å². The molecular weight excluding hydrogens is 271 g/mol. The lowest BCUT2D eigenvalue weighted by molar-refractivity contribution is -0.146. The number of carbonyl (C=O) groups excluding carboxylic acids is 1. The molecule has 0 spiro atoms. The van der Waals surface area contributed by atoms with Crippen molar-refractivity contribution in [2.75, 3.05) is 12.4 Å². The van der Waals surface area contributed by atoms with Crippen molar-refractivity contribution in [3.8, 4) is 0 Å². The number of hydrogen-bond acceptors (Lipinski definition) is 4. The summed E-state index contributed by atoms with van der Waals surface area (Å²) in [5, 5.41) is 3.33. The molecule has 0 atom stereocenters. The van der Waals surface area contributed by atoms with Crippen LogP contribution in [-0.2, 0) is 9.53 Å². The van der Waals surface area contributed by atoms with E-state index < -0.39 is 5.82 Å². The van der Waals surface area contributed by atoms with Gasteiger partial charge in [0, 0.05) is 12.2 Å². The highest BCUT2D eigenvalue weighted by atomic mass is 35.5. The van der Waals surface area contributed by atoms with E-state index >= 15 is 0 Å². The largest absolute Gasteiger partial charge is 0.469 e. The molecule has 1 heterocycles. The molecule has 0 bridgehead atoms. The Balaban J connectivity index is 1.90. The maximum atomic E-state index is 13.6. The first-order valence-electron chi connectivity index (χ1n) is 6.25. The summed E-state index contributed by atoms with van der Waals surface area (Å²) < 4.78 is 18.3. The van der Waals surface area contributed by atoms with Gasteiger partial charge in [0.1, 0.15) is 0 Å². The van der Waals surface area contributed by atoms with E-state index in [0.29, 0.717) is 0 Å². The molecule has 1 saturated carbocycles. The number of rotatable bonds is 3. The lowest BCUT2D eigenvalue weighted by atomic mass is 9.86. The number of halogens is 2. The quantitative estimate of drug-likeness (QED) is 0.868. The third-order valence-electron chi connectivity index (χ3n) is 3.41. The highest BCUT2D eigenvalue weighted by Gasteiger charge is 2.27. The van der Waals surface area contributed by atoms with Crippen molar-refractivity contribution in [2.45, 2.75) is 31.7 Å². The summed E-state index contributed by atoms with van der Waals surface area (Å²) in [5.41, 5.74) is 0. The van der Waals surface area contributed by atoms with Gasteiger partial charge in [-0.3, -0.25) is 4.79 Å². The highest BCUT2D eigenvalue weighted by molar-refractivity contribution is 6.30. The molecular formula is C13H16ClFN2O2. The van der Waals surface area contributed by atoms with Gasteiger partial charge in [-0.25, -0.2) is 9.37 Å². The molecule has 0 saturated heterocycles.